The highest BCUT2D eigenvalue weighted by Crippen LogP contribution is 2.46. The molecule has 0 aliphatic carbocycles. The predicted octanol–water partition coefficient (Wildman–Crippen LogP) is 5.32. The van der Waals surface area contributed by atoms with Crippen LogP contribution in [0.4, 0.5) is 0 Å². The van der Waals surface area contributed by atoms with E-state index in [1.165, 1.54) is 15.9 Å². The second-order valence-corrected chi connectivity index (χ2v) is 11.2. The summed E-state index contributed by atoms with van der Waals surface area (Å²) < 4.78 is 12.2. The van der Waals surface area contributed by atoms with Crippen molar-refractivity contribution in [3.05, 3.63) is 113 Å². The zero-order chi connectivity index (χ0) is 20.4. The molecule has 0 fully saturated rings. The molecule has 0 radical (unpaired) electrons. The molecule has 1 aliphatic heterocycles. The van der Waals surface area contributed by atoms with E-state index >= 15 is 0 Å². The van der Waals surface area contributed by atoms with E-state index in [2.05, 4.69) is 119 Å². The van der Waals surface area contributed by atoms with E-state index in [-0.39, 0.29) is 6.79 Å². The fraction of sp³-hybridized carbons (Fsp3) is 0.0385. The molecule has 2 nitrogen and oxygen atoms in total. The van der Waals surface area contributed by atoms with Gasteiger partial charge >= 0.3 is 0 Å². The third-order valence-corrected chi connectivity index (χ3v) is 10.0. The zero-order valence-corrected chi connectivity index (χ0v) is 18.7. The van der Waals surface area contributed by atoms with Gasteiger partial charge in [0.25, 0.3) is 0 Å². The van der Waals surface area contributed by atoms with Gasteiger partial charge in [0.1, 0.15) is 0 Å². The van der Waals surface area contributed by atoms with Crippen LogP contribution in [0, 0.1) is 0 Å². The van der Waals surface area contributed by atoms with Gasteiger partial charge in [0.15, 0.2) is 11.5 Å². The molecule has 0 bridgehead atoms. The van der Waals surface area contributed by atoms with Crippen molar-refractivity contribution in [2.45, 2.75) is 0 Å². The monoisotopic (exact) mass is 474 g/mol. The lowest BCUT2D eigenvalue weighted by atomic mass is 10.2. The molecule has 4 aromatic carbocycles. The first-order valence-corrected chi connectivity index (χ1v) is 12.4. The zero-order valence-electron chi connectivity index (χ0n) is 16.2. The van der Waals surface area contributed by atoms with E-state index in [0.29, 0.717) is 0 Å². The van der Waals surface area contributed by atoms with Gasteiger partial charge < -0.3 is 9.47 Å². The minimum Gasteiger partial charge on any atom is -0.454 e. The number of ether oxygens (including phenoxy) is 2. The number of halogens is 1. The first-order valence-electron chi connectivity index (χ1n) is 9.78. The van der Waals surface area contributed by atoms with Crippen molar-refractivity contribution in [2.24, 2.45) is 0 Å². The molecule has 4 aromatic rings. The number of fused-ring (bicyclic) bond motifs is 1. The summed E-state index contributed by atoms with van der Waals surface area (Å²) in [7, 11) is 0. The molecule has 5 rings (SSSR count). The molecule has 1 heterocycles. The van der Waals surface area contributed by atoms with Crippen molar-refractivity contribution in [2.75, 3.05) is 6.79 Å². The molecule has 30 heavy (non-hydrogen) atoms. The average molecular weight is 475 g/mol. The number of hydrogen-bond acceptors (Lipinski definition) is 2. The van der Waals surface area contributed by atoms with Crippen molar-refractivity contribution >= 4 is 44.5 Å². The topological polar surface area (TPSA) is 18.5 Å². The normalized spacial score (nSPS) is 12.6. The maximum atomic E-state index is 5.68. The lowest BCUT2D eigenvalue weighted by molar-refractivity contribution is 0.174. The van der Waals surface area contributed by atoms with Crippen LogP contribution < -0.4 is 25.4 Å². The standard InChI is InChI=1S/C26H20BrO2P/c27-24-17-26-25(28-19-29-26)16-20(24)18-30(21-10-4-1-5-11-21,22-12-6-2-7-13-22)23-14-8-3-9-15-23/h1-18H,19H2. The van der Waals surface area contributed by atoms with Crippen molar-refractivity contribution in [1.29, 1.82) is 0 Å². The van der Waals surface area contributed by atoms with Gasteiger partial charge in [-0.25, -0.2) is 0 Å². The first-order chi connectivity index (χ1) is 14.8. The lowest BCUT2D eigenvalue weighted by Gasteiger charge is -2.29. The SMILES string of the molecule is Brc1cc2c(cc1C=P(c1ccccc1)(c1ccccc1)c1ccccc1)OCO2. The van der Waals surface area contributed by atoms with Crippen molar-refractivity contribution < 1.29 is 9.47 Å². The molecule has 1 aliphatic rings. The Labute approximate surface area is 185 Å². The van der Waals surface area contributed by atoms with Gasteiger partial charge in [0.2, 0.25) is 6.79 Å². The third kappa shape index (κ3) is 3.39. The van der Waals surface area contributed by atoms with Gasteiger partial charge in [-0.15, -0.1) is 0 Å². The summed E-state index contributed by atoms with van der Waals surface area (Å²) in [5.74, 6) is 4.00. The van der Waals surface area contributed by atoms with Crippen LogP contribution in [0.2, 0.25) is 0 Å². The smallest absolute Gasteiger partial charge is 0.231 e. The van der Waals surface area contributed by atoms with Crippen LogP contribution in [0.5, 0.6) is 11.5 Å². The maximum absolute atomic E-state index is 5.68. The quantitative estimate of drug-likeness (QED) is 0.372. The van der Waals surface area contributed by atoms with Gasteiger partial charge in [-0.2, -0.15) is 0 Å². The summed E-state index contributed by atoms with van der Waals surface area (Å²) in [6, 6.07) is 36.5. The fourth-order valence-electron chi connectivity index (χ4n) is 3.90. The molecule has 148 valence electrons. The highest BCUT2D eigenvalue weighted by Gasteiger charge is 2.26. The highest BCUT2D eigenvalue weighted by molar-refractivity contribution is 9.10. The molecule has 4 heteroatoms. The van der Waals surface area contributed by atoms with Crippen LogP contribution in [0.3, 0.4) is 0 Å². The average Bonchev–Trinajstić information content (AvgIpc) is 3.26. The minimum absolute atomic E-state index is 0.265. The fourth-order valence-corrected chi connectivity index (χ4v) is 8.41. The summed E-state index contributed by atoms with van der Waals surface area (Å²) in [5.41, 5.74) is 1.10. The van der Waals surface area contributed by atoms with Gasteiger partial charge in [0.05, 0.1) is 0 Å². The van der Waals surface area contributed by atoms with Gasteiger partial charge in [-0.05, 0) is 46.3 Å². The summed E-state index contributed by atoms with van der Waals surface area (Å²) in [4.78, 5) is 0. The Morgan fingerprint density at radius 3 is 1.53 bits per heavy atom. The molecule has 0 N–H and O–H groups in total. The molecule has 0 spiro atoms. The molecule has 0 amide bonds. The van der Waals surface area contributed by atoms with Crippen LogP contribution in [-0.4, -0.2) is 12.6 Å². The Balaban J connectivity index is 1.89. The molecule has 0 saturated heterocycles. The van der Waals surface area contributed by atoms with E-state index in [4.69, 9.17) is 9.47 Å². The molecular formula is C26H20BrO2P. The van der Waals surface area contributed by atoms with Gasteiger partial charge in [-0.3, -0.25) is 0 Å². The number of hydrogen-bond donors (Lipinski definition) is 0. The molecule has 0 aromatic heterocycles. The van der Waals surface area contributed by atoms with E-state index in [1.54, 1.807) is 0 Å². The van der Waals surface area contributed by atoms with Crippen molar-refractivity contribution in [3.8, 4) is 11.5 Å². The molecular weight excluding hydrogens is 455 g/mol. The highest BCUT2D eigenvalue weighted by atomic mass is 79.9. The molecule has 0 unspecified atom stereocenters. The lowest BCUT2D eigenvalue weighted by Crippen LogP contribution is -2.27. The summed E-state index contributed by atoms with van der Waals surface area (Å²) in [6.07, 6.45) is 0. The second kappa shape index (κ2) is 8.18. The molecule has 0 atom stereocenters. The molecule has 0 saturated carbocycles. The van der Waals surface area contributed by atoms with Crippen LogP contribution >= 0.6 is 22.8 Å². The van der Waals surface area contributed by atoms with E-state index in [1.807, 2.05) is 6.07 Å². The van der Waals surface area contributed by atoms with Crippen molar-refractivity contribution in [1.82, 2.24) is 0 Å². The minimum atomic E-state index is -2.08. The van der Waals surface area contributed by atoms with Crippen LogP contribution in [0.15, 0.2) is 108 Å². The van der Waals surface area contributed by atoms with Crippen LogP contribution in [0.1, 0.15) is 5.56 Å². The Morgan fingerprint density at radius 1 is 0.633 bits per heavy atom. The Morgan fingerprint density at radius 2 is 1.07 bits per heavy atom. The first kappa shape index (κ1) is 19.2. The third-order valence-electron chi connectivity index (χ3n) is 5.32. The van der Waals surface area contributed by atoms with E-state index in [9.17, 15) is 0 Å². The predicted molar refractivity (Wildman–Crippen MR) is 131 cm³/mol. The van der Waals surface area contributed by atoms with Crippen molar-refractivity contribution in [3.63, 3.8) is 0 Å². The second-order valence-electron chi connectivity index (χ2n) is 7.09. The van der Waals surface area contributed by atoms with E-state index < -0.39 is 6.89 Å². The van der Waals surface area contributed by atoms with Crippen LogP contribution in [0.25, 0.3) is 0 Å². The van der Waals surface area contributed by atoms with Crippen LogP contribution in [-0.2, 0) is 0 Å². The summed E-state index contributed by atoms with van der Waals surface area (Å²) >= 11 is 3.77. The maximum Gasteiger partial charge on any atom is 0.231 e. The number of rotatable bonds is 4. The Bertz CT molecular complexity index is 1120. The summed E-state index contributed by atoms with van der Waals surface area (Å²) in [5, 5.41) is 3.94. The number of benzene rings is 4. The van der Waals surface area contributed by atoms with Gasteiger partial charge in [0, 0.05) is 4.47 Å². The summed E-state index contributed by atoms with van der Waals surface area (Å²) in [6.45, 7) is -1.81. The Hall–Kier alpha value is -2.74. The Kier molecular flexibility index (Phi) is 5.25. The van der Waals surface area contributed by atoms with E-state index in [0.717, 1.165) is 21.5 Å². The largest absolute Gasteiger partial charge is 0.454 e. The van der Waals surface area contributed by atoms with Gasteiger partial charge in [-0.1, -0.05) is 107 Å².